The molecule has 3 rings (SSSR count). The first-order valence-corrected chi connectivity index (χ1v) is 11.2. The lowest BCUT2D eigenvalue weighted by molar-refractivity contribution is -0.131. The Kier molecular flexibility index (Phi) is 5.61. The summed E-state index contributed by atoms with van der Waals surface area (Å²) in [6.45, 7) is 6.13. The van der Waals surface area contributed by atoms with E-state index in [0.29, 0.717) is 11.3 Å². The number of hydrogen-bond donors (Lipinski definition) is 0. The van der Waals surface area contributed by atoms with Crippen LogP contribution in [0, 0.1) is 0 Å². The Labute approximate surface area is 171 Å². The van der Waals surface area contributed by atoms with Gasteiger partial charge in [-0.1, -0.05) is 36.9 Å². The van der Waals surface area contributed by atoms with Crippen molar-refractivity contribution in [2.45, 2.75) is 24.3 Å². The van der Waals surface area contributed by atoms with Gasteiger partial charge < -0.3 is 9.80 Å². The van der Waals surface area contributed by atoms with Gasteiger partial charge >= 0.3 is 0 Å². The van der Waals surface area contributed by atoms with Crippen molar-refractivity contribution in [3.8, 4) is 0 Å². The van der Waals surface area contributed by atoms with E-state index in [1.165, 1.54) is 0 Å². The molecule has 0 bridgehead atoms. The van der Waals surface area contributed by atoms with Gasteiger partial charge in [0.1, 0.15) is 0 Å². The number of nitrogens with zero attached hydrogens (tertiary/aromatic N) is 2. The molecule has 0 radical (unpaired) electrons. The molecule has 0 spiro atoms. The molecule has 152 valence electrons. The first-order valence-electron chi connectivity index (χ1n) is 9.27. The largest absolute Gasteiger partial charge is 0.339 e. The van der Waals surface area contributed by atoms with Gasteiger partial charge in [-0.3, -0.25) is 9.59 Å². The highest BCUT2D eigenvalue weighted by atomic mass is 32.2. The lowest BCUT2D eigenvalue weighted by Gasteiger charge is -2.27. The van der Waals surface area contributed by atoms with Crippen LogP contribution in [0.1, 0.15) is 40.9 Å². The van der Waals surface area contributed by atoms with E-state index in [1.54, 1.807) is 47.2 Å². The highest BCUT2D eigenvalue weighted by molar-refractivity contribution is 7.90. The SMILES string of the molecule is C=C1c2ccccc2C(=O)N1CCC(=O)N(C)C(C)c1ccc(S(C)(=O)=O)cc1. The second-order valence-corrected chi connectivity index (χ2v) is 9.24. The zero-order chi connectivity index (χ0) is 21.3. The molecule has 1 aliphatic rings. The van der Waals surface area contributed by atoms with E-state index in [9.17, 15) is 18.0 Å². The predicted molar refractivity (Wildman–Crippen MR) is 112 cm³/mol. The van der Waals surface area contributed by atoms with Crippen LogP contribution in [0.2, 0.25) is 0 Å². The van der Waals surface area contributed by atoms with Gasteiger partial charge in [0.2, 0.25) is 5.91 Å². The van der Waals surface area contributed by atoms with Gasteiger partial charge in [-0.05, 0) is 30.7 Å². The third-order valence-electron chi connectivity index (χ3n) is 5.35. The normalized spacial score (nSPS) is 14.7. The van der Waals surface area contributed by atoms with Crippen LogP contribution in [0.15, 0.2) is 60.0 Å². The van der Waals surface area contributed by atoms with Gasteiger partial charge in [0, 0.05) is 43.1 Å². The van der Waals surface area contributed by atoms with Crippen molar-refractivity contribution in [1.29, 1.82) is 0 Å². The molecule has 2 aromatic carbocycles. The number of carbonyl (C=O) groups is 2. The third kappa shape index (κ3) is 4.10. The summed E-state index contributed by atoms with van der Waals surface area (Å²) in [5.41, 5.74) is 2.86. The summed E-state index contributed by atoms with van der Waals surface area (Å²) < 4.78 is 23.2. The highest BCUT2D eigenvalue weighted by Crippen LogP contribution is 2.31. The summed E-state index contributed by atoms with van der Waals surface area (Å²) in [5.74, 6) is -0.244. The van der Waals surface area contributed by atoms with Crippen LogP contribution in [-0.2, 0) is 14.6 Å². The molecule has 1 unspecified atom stereocenters. The molecule has 1 atom stereocenters. The minimum absolute atomic E-state index is 0.110. The highest BCUT2D eigenvalue weighted by Gasteiger charge is 2.31. The number of benzene rings is 2. The number of sulfone groups is 1. The van der Waals surface area contributed by atoms with Crippen molar-refractivity contribution < 1.29 is 18.0 Å². The zero-order valence-electron chi connectivity index (χ0n) is 16.8. The molecule has 0 saturated carbocycles. The van der Waals surface area contributed by atoms with E-state index >= 15 is 0 Å². The smallest absolute Gasteiger partial charge is 0.258 e. The lowest BCUT2D eigenvalue weighted by Crippen LogP contribution is -2.33. The van der Waals surface area contributed by atoms with Crippen molar-refractivity contribution >= 4 is 27.3 Å². The Hall–Kier alpha value is -2.93. The molecule has 0 aliphatic carbocycles. The summed E-state index contributed by atoms with van der Waals surface area (Å²) in [7, 11) is -1.56. The minimum Gasteiger partial charge on any atom is -0.339 e. The maximum absolute atomic E-state index is 12.7. The molecule has 1 aliphatic heterocycles. The second-order valence-electron chi connectivity index (χ2n) is 7.22. The molecular weight excluding hydrogens is 388 g/mol. The number of amides is 2. The Morgan fingerprint density at radius 2 is 1.69 bits per heavy atom. The molecule has 0 saturated heterocycles. The molecular formula is C22H24N2O4S. The Morgan fingerprint density at radius 1 is 1.10 bits per heavy atom. The quantitative estimate of drug-likeness (QED) is 0.731. The minimum atomic E-state index is -3.26. The van der Waals surface area contributed by atoms with E-state index in [-0.39, 0.29) is 35.7 Å². The average Bonchev–Trinajstić information content (AvgIpc) is 2.95. The Bertz CT molecular complexity index is 1040. The first-order chi connectivity index (χ1) is 13.6. The van der Waals surface area contributed by atoms with Gasteiger partial charge in [-0.25, -0.2) is 8.42 Å². The Balaban J connectivity index is 1.64. The summed E-state index contributed by atoms with van der Waals surface area (Å²) in [4.78, 5) is 28.6. The monoisotopic (exact) mass is 412 g/mol. The summed E-state index contributed by atoms with van der Waals surface area (Å²) >= 11 is 0. The van der Waals surface area contributed by atoms with E-state index in [4.69, 9.17) is 0 Å². The molecule has 6 nitrogen and oxygen atoms in total. The van der Waals surface area contributed by atoms with Gasteiger partial charge in [0.25, 0.3) is 5.91 Å². The van der Waals surface area contributed by atoms with Crippen molar-refractivity contribution in [3.05, 3.63) is 71.8 Å². The van der Waals surface area contributed by atoms with Crippen molar-refractivity contribution in [3.63, 3.8) is 0 Å². The van der Waals surface area contributed by atoms with Crippen LogP contribution >= 0.6 is 0 Å². The van der Waals surface area contributed by atoms with Crippen molar-refractivity contribution in [2.75, 3.05) is 19.8 Å². The van der Waals surface area contributed by atoms with Crippen molar-refractivity contribution in [2.24, 2.45) is 0 Å². The van der Waals surface area contributed by atoms with E-state index in [0.717, 1.165) is 17.4 Å². The molecule has 2 amide bonds. The van der Waals surface area contributed by atoms with Gasteiger partial charge in [0.05, 0.1) is 10.9 Å². The second kappa shape index (κ2) is 7.83. The fraction of sp³-hybridized carbons (Fsp3) is 0.273. The van der Waals surface area contributed by atoms with Crippen LogP contribution in [0.4, 0.5) is 0 Å². The van der Waals surface area contributed by atoms with Crippen molar-refractivity contribution in [1.82, 2.24) is 9.80 Å². The maximum Gasteiger partial charge on any atom is 0.258 e. The van der Waals surface area contributed by atoms with Gasteiger partial charge in [0.15, 0.2) is 9.84 Å². The molecule has 29 heavy (non-hydrogen) atoms. The number of fused-ring (bicyclic) bond motifs is 1. The molecule has 0 fully saturated rings. The topological polar surface area (TPSA) is 74.8 Å². The fourth-order valence-electron chi connectivity index (χ4n) is 3.39. The van der Waals surface area contributed by atoms with Gasteiger partial charge in [-0.2, -0.15) is 0 Å². The molecule has 0 aromatic heterocycles. The fourth-order valence-corrected chi connectivity index (χ4v) is 4.02. The van der Waals surface area contributed by atoms with Crippen LogP contribution in [0.5, 0.6) is 0 Å². The summed E-state index contributed by atoms with van der Waals surface area (Å²) in [6.07, 6.45) is 1.33. The van der Waals surface area contributed by atoms with Crippen LogP contribution in [0.3, 0.4) is 0 Å². The van der Waals surface area contributed by atoms with E-state index < -0.39 is 9.84 Å². The van der Waals surface area contributed by atoms with E-state index in [1.807, 2.05) is 25.1 Å². The lowest BCUT2D eigenvalue weighted by atomic mass is 10.1. The van der Waals surface area contributed by atoms with Crippen LogP contribution < -0.4 is 0 Å². The van der Waals surface area contributed by atoms with Gasteiger partial charge in [-0.15, -0.1) is 0 Å². The molecule has 0 N–H and O–H groups in total. The van der Waals surface area contributed by atoms with E-state index in [2.05, 4.69) is 6.58 Å². The molecule has 2 aromatic rings. The van der Waals surface area contributed by atoms with Crippen LogP contribution in [-0.4, -0.2) is 49.9 Å². The number of hydrogen-bond acceptors (Lipinski definition) is 4. The zero-order valence-corrected chi connectivity index (χ0v) is 17.6. The maximum atomic E-state index is 12.7. The predicted octanol–water partition coefficient (Wildman–Crippen LogP) is 3.13. The first kappa shape index (κ1) is 20.8. The standard InChI is InChI=1S/C22H24N2O4S/c1-15(17-9-11-18(12-10-17)29(4,27)28)23(3)21(25)13-14-24-16(2)19-7-5-6-8-20(19)22(24)26/h5-12,15H,2,13-14H2,1,3-4H3. The summed E-state index contributed by atoms with van der Waals surface area (Å²) in [6, 6.07) is 13.6. The molecule has 7 heteroatoms. The average molecular weight is 413 g/mol. The Morgan fingerprint density at radius 3 is 2.24 bits per heavy atom. The van der Waals surface area contributed by atoms with Crippen LogP contribution in [0.25, 0.3) is 5.70 Å². The number of carbonyl (C=O) groups excluding carboxylic acids is 2. The third-order valence-corrected chi connectivity index (χ3v) is 6.48. The molecule has 1 heterocycles. The summed E-state index contributed by atoms with van der Waals surface area (Å²) in [5, 5.41) is 0. The number of rotatable bonds is 6.